The van der Waals surface area contributed by atoms with Crippen molar-refractivity contribution in [1.29, 1.82) is 0 Å². The highest BCUT2D eigenvalue weighted by Crippen LogP contribution is 2.61. The fraction of sp³-hybridized carbons (Fsp3) is 0.647. The van der Waals surface area contributed by atoms with E-state index in [0.29, 0.717) is 44.6 Å². The van der Waals surface area contributed by atoms with Crippen molar-refractivity contribution in [2.45, 2.75) is 106 Å². The summed E-state index contributed by atoms with van der Waals surface area (Å²) in [5.74, 6) is -1.50. The van der Waals surface area contributed by atoms with E-state index in [-0.39, 0.29) is 65.1 Å². The number of hydrogen-bond acceptors (Lipinski definition) is 9. The van der Waals surface area contributed by atoms with E-state index in [9.17, 15) is 22.4 Å². The van der Waals surface area contributed by atoms with E-state index >= 15 is 4.39 Å². The van der Waals surface area contributed by atoms with Gasteiger partial charge in [0.25, 0.3) is 5.56 Å². The first-order chi connectivity index (χ1) is 23.4. The van der Waals surface area contributed by atoms with E-state index < -0.39 is 52.0 Å². The topological polar surface area (TPSA) is 114 Å². The molecule has 6 fully saturated rings. The fourth-order valence-electron chi connectivity index (χ4n) is 10.0. The molecule has 2 saturated carbocycles. The molecule has 4 saturated heterocycles. The van der Waals surface area contributed by atoms with E-state index in [4.69, 9.17) is 15.5 Å². The van der Waals surface area contributed by atoms with Gasteiger partial charge in [0.05, 0.1) is 16.8 Å². The Morgan fingerprint density at radius 1 is 1.08 bits per heavy atom. The smallest absolute Gasteiger partial charge is 0.418 e. The predicted molar refractivity (Wildman–Crippen MR) is 170 cm³/mol. The maximum absolute atomic E-state index is 17.1. The molecule has 5 atom stereocenters. The minimum Gasteiger partial charge on any atom is -0.461 e. The number of aryl methyl sites for hydroxylation is 1. The zero-order valence-electron chi connectivity index (χ0n) is 26.8. The number of pyridine rings is 2. The van der Waals surface area contributed by atoms with Crippen molar-refractivity contribution >= 4 is 22.7 Å². The lowest BCUT2D eigenvalue weighted by atomic mass is 9.89. The first-order valence-electron chi connectivity index (χ1n) is 17.5. The highest BCUT2D eigenvalue weighted by molar-refractivity contribution is 5.91. The lowest BCUT2D eigenvalue weighted by molar-refractivity contribution is -0.137. The Bertz CT molecular complexity index is 1980. The molecule has 10 rings (SSSR count). The molecule has 10 nitrogen and oxygen atoms in total. The van der Waals surface area contributed by atoms with Crippen molar-refractivity contribution in [3.05, 3.63) is 33.4 Å². The molecule has 260 valence electrons. The van der Waals surface area contributed by atoms with Gasteiger partial charge < -0.3 is 25.3 Å². The summed E-state index contributed by atoms with van der Waals surface area (Å²) in [5.41, 5.74) is 1.74. The van der Waals surface area contributed by atoms with Crippen molar-refractivity contribution in [3.63, 3.8) is 0 Å². The zero-order chi connectivity index (χ0) is 33.6. The number of ether oxygens (including phenoxy) is 1. The number of hydrogen-bond donors (Lipinski definition) is 2. The first-order valence-corrected chi connectivity index (χ1v) is 17.5. The minimum atomic E-state index is -4.92. The van der Waals surface area contributed by atoms with E-state index in [0.717, 1.165) is 38.6 Å². The van der Waals surface area contributed by atoms with Crippen LogP contribution < -0.4 is 26.2 Å². The number of rotatable bonds is 5. The summed E-state index contributed by atoms with van der Waals surface area (Å²) in [7, 11) is 0. The van der Waals surface area contributed by atoms with Crippen molar-refractivity contribution in [2.24, 2.45) is 5.41 Å². The maximum atomic E-state index is 17.1. The van der Waals surface area contributed by atoms with Crippen LogP contribution in [0.25, 0.3) is 22.3 Å². The van der Waals surface area contributed by atoms with Gasteiger partial charge in [-0.05, 0) is 74.3 Å². The molecule has 15 heteroatoms. The zero-order valence-corrected chi connectivity index (χ0v) is 26.8. The maximum Gasteiger partial charge on any atom is 0.418 e. The quantitative estimate of drug-likeness (QED) is 0.375. The van der Waals surface area contributed by atoms with E-state index in [1.165, 1.54) is 10.6 Å². The molecule has 2 bridgehead atoms. The third-order valence-electron chi connectivity index (χ3n) is 12.4. The van der Waals surface area contributed by atoms with Gasteiger partial charge in [0.2, 0.25) is 0 Å². The molecule has 0 amide bonds. The molecule has 3 aromatic heterocycles. The van der Waals surface area contributed by atoms with E-state index in [2.05, 4.69) is 25.1 Å². The van der Waals surface area contributed by atoms with Gasteiger partial charge in [-0.3, -0.25) is 9.69 Å². The van der Waals surface area contributed by atoms with Gasteiger partial charge in [-0.2, -0.15) is 23.1 Å². The summed E-state index contributed by atoms with van der Waals surface area (Å²) in [4.78, 5) is 31.9. The monoisotopic (exact) mass is 684 g/mol. The Kier molecular flexibility index (Phi) is 6.18. The molecule has 5 aliphatic heterocycles. The van der Waals surface area contributed by atoms with Crippen LogP contribution in [0.5, 0.6) is 6.01 Å². The summed E-state index contributed by atoms with van der Waals surface area (Å²) < 4.78 is 83.9. The van der Waals surface area contributed by atoms with Crippen molar-refractivity contribution in [2.75, 3.05) is 36.9 Å². The van der Waals surface area contributed by atoms with Crippen LogP contribution in [0.3, 0.4) is 0 Å². The van der Waals surface area contributed by atoms with Gasteiger partial charge in [-0.15, -0.1) is 0 Å². The third kappa shape index (κ3) is 4.56. The molecule has 3 unspecified atom stereocenters. The van der Waals surface area contributed by atoms with Gasteiger partial charge in [0.1, 0.15) is 35.2 Å². The summed E-state index contributed by atoms with van der Waals surface area (Å²) in [6, 6.07) is 1.23. The summed E-state index contributed by atoms with van der Waals surface area (Å²) >= 11 is 0. The van der Waals surface area contributed by atoms with Crippen LogP contribution >= 0.6 is 0 Å². The Morgan fingerprint density at radius 2 is 1.90 bits per heavy atom. The molecule has 2 aliphatic carbocycles. The normalized spacial score (nSPS) is 31.3. The molecule has 8 heterocycles. The lowest BCUT2D eigenvalue weighted by Crippen LogP contribution is -2.58. The molecule has 0 aromatic carbocycles. The van der Waals surface area contributed by atoms with Gasteiger partial charge >= 0.3 is 12.2 Å². The Morgan fingerprint density at radius 3 is 2.65 bits per heavy atom. The Hall–Kier alpha value is -3.59. The fourth-order valence-corrected chi connectivity index (χ4v) is 10.0. The number of piperazine rings is 1. The van der Waals surface area contributed by atoms with Gasteiger partial charge in [-0.1, -0.05) is 0 Å². The number of nitrogen functional groups attached to an aromatic ring is 1. The molecular formula is C34H37F5N8O2. The number of fused-ring (bicyclic) bond motifs is 6. The van der Waals surface area contributed by atoms with E-state index in [1.807, 2.05) is 0 Å². The average Bonchev–Trinajstić information content (AvgIpc) is 3.94. The molecule has 1 spiro atoms. The number of nitrogens with two attached hydrogens (primary N) is 1. The molecule has 3 aromatic rings. The van der Waals surface area contributed by atoms with E-state index in [1.54, 1.807) is 0 Å². The number of aromatic nitrogens is 4. The summed E-state index contributed by atoms with van der Waals surface area (Å²) in [5, 5.41) is 3.64. The standard InChI is InChI=1S/C34H37F5N8O2/c35-17-10-33(13-32(6-7-32)14-45(33)11-17)15-49-31-43-27-25(36)23(26-24(34(37,38)39)19(16-1-2-16)9-22(40)42-26)30(48)46-8-5-21-20-4-3-18(41-20)12-47(21)29(44-31)28(27)46/h9,16-18,20-21,41H,1-8,10-15H2,(H2,40,42)/t17-,18?,20?,21?,33-/m1/s1. The van der Waals surface area contributed by atoms with Crippen molar-refractivity contribution < 1.29 is 26.7 Å². The summed E-state index contributed by atoms with van der Waals surface area (Å²) in [6.07, 6.45) is 0.840. The Balaban J connectivity index is 1.16. The molecule has 3 N–H and O–H groups in total. The van der Waals surface area contributed by atoms with Crippen LogP contribution in [-0.4, -0.2) is 80.5 Å². The van der Waals surface area contributed by atoms with Crippen LogP contribution in [0, 0.1) is 11.2 Å². The average molecular weight is 685 g/mol. The molecular weight excluding hydrogens is 647 g/mol. The largest absolute Gasteiger partial charge is 0.461 e. The summed E-state index contributed by atoms with van der Waals surface area (Å²) in [6.45, 7) is 1.94. The number of anilines is 2. The highest BCUT2D eigenvalue weighted by atomic mass is 19.4. The predicted octanol–water partition coefficient (Wildman–Crippen LogP) is 4.53. The third-order valence-corrected chi connectivity index (χ3v) is 12.4. The highest BCUT2D eigenvalue weighted by Gasteiger charge is 2.62. The van der Waals surface area contributed by atoms with Crippen LogP contribution in [0.2, 0.25) is 0 Å². The first kappa shape index (κ1) is 30.3. The van der Waals surface area contributed by atoms with Crippen LogP contribution in [0.1, 0.15) is 74.8 Å². The molecule has 49 heavy (non-hydrogen) atoms. The lowest BCUT2D eigenvalue weighted by Gasteiger charge is -2.41. The van der Waals surface area contributed by atoms with Crippen LogP contribution in [0.4, 0.5) is 33.6 Å². The number of alkyl halides is 4. The number of halogens is 5. The number of nitrogens with zero attached hydrogens (tertiary/aromatic N) is 6. The second kappa shape index (κ2) is 10.0. The second-order valence-electron chi connectivity index (χ2n) is 15.7. The van der Waals surface area contributed by atoms with Crippen molar-refractivity contribution in [1.82, 2.24) is 29.7 Å². The van der Waals surface area contributed by atoms with Gasteiger partial charge in [0.15, 0.2) is 11.6 Å². The van der Waals surface area contributed by atoms with Gasteiger partial charge in [0, 0.05) is 50.7 Å². The number of nitrogens with one attached hydrogen (secondary N) is 1. The second-order valence-corrected chi connectivity index (χ2v) is 15.7. The van der Waals surface area contributed by atoms with Crippen LogP contribution in [-0.2, 0) is 12.7 Å². The Labute approximate surface area is 278 Å². The van der Waals surface area contributed by atoms with Crippen LogP contribution in [0.15, 0.2) is 10.9 Å². The van der Waals surface area contributed by atoms with Crippen molar-refractivity contribution in [3.8, 4) is 17.3 Å². The molecule has 0 radical (unpaired) electrons. The SMILES string of the molecule is Nc1cc(C2CC2)c(C(F)(F)F)c(-c2c(F)c3nc(OC[C@]45C[C@@H](F)CN4CC4(CC4)C5)nc4c3n(c2=O)CCC2C3CCC(CN42)N3)n1. The molecule has 7 aliphatic rings. The minimum absolute atomic E-state index is 0.0760. The van der Waals surface area contributed by atoms with Gasteiger partial charge in [-0.25, -0.2) is 13.8 Å².